The number of hydrogen-bond acceptors (Lipinski definition) is 4. The van der Waals surface area contributed by atoms with Crippen LogP contribution in [0.2, 0.25) is 23.2 Å². The predicted octanol–water partition coefficient (Wildman–Crippen LogP) is 5.13. The van der Waals surface area contributed by atoms with Gasteiger partial charge < -0.3 is 14.3 Å². The van der Waals surface area contributed by atoms with Gasteiger partial charge in [0.2, 0.25) is 6.29 Å². The van der Waals surface area contributed by atoms with Crippen LogP contribution >= 0.6 is 11.6 Å². The van der Waals surface area contributed by atoms with Crippen LogP contribution in [0.5, 0.6) is 5.75 Å². The molecule has 6 nitrogen and oxygen atoms in total. The highest BCUT2D eigenvalue weighted by Crippen LogP contribution is 2.38. The van der Waals surface area contributed by atoms with Crippen LogP contribution in [0.3, 0.4) is 0 Å². The summed E-state index contributed by atoms with van der Waals surface area (Å²) in [6.07, 6.45) is -1.80. The molecule has 3 atom stereocenters. The molecule has 8 heteroatoms. The van der Waals surface area contributed by atoms with Gasteiger partial charge in [-0.25, -0.2) is 0 Å². The topological polar surface area (TPSA) is 87.5 Å². The second-order valence-electron chi connectivity index (χ2n) is 7.25. The number of hydrogen-bond donors (Lipinski definition) is 1. The van der Waals surface area contributed by atoms with Crippen molar-refractivity contribution < 1.29 is 14.3 Å². The van der Waals surface area contributed by atoms with Crippen LogP contribution in [0.4, 0.5) is 0 Å². The predicted molar refractivity (Wildman–Crippen MR) is 98.8 cm³/mol. The van der Waals surface area contributed by atoms with E-state index in [0.717, 1.165) is 0 Å². The van der Waals surface area contributed by atoms with E-state index in [1.807, 2.05) is 0 Å². The van der Waals surface area contributed by atoms with Crippen molar-refractivity contribution in [1.29, 1.82) is 0 Å². The first-order chi connectivity index (χ1) is 11.0. The van der Waals surface area contributed by atoms with Crippen molar-refractivity contribution >= 4 is 19.9 Å². The van der Waals surface area contributed by atoms with Crippen molar-refractivity contribution in [3.8, 4) is 5.75 Å². The standard InChI is InChI=1S/C16H26ClN3O3Si/c1-11(21)14(19-20-18)15(23-24(5,6)16(2,3)4)22-13-9-7-12(17)8-10-13/h7-11,14-15,21H,1-6H3/t11-,14-,15?/m0/s1. The first-order valence-electron chi connectivity index (χ1n) is 7.80. The third kappa shape index (κ3) is 5.68. The lowest BCUT2D eigenvalue weighted by Crippen LogP contribution is -2.50. The second kappa shape index (κ2) is 8.23. The van der Waals surface area contributed by atoms with E-state index in [1.54, 1.807) is 31.2 Å². The highest BCUT2D eigenvalue weighted by atomic mass is 35.5. The number of benzene rings is 1. The maximum absolute atomic E-state index is 10.0. The van der Waals surface area contributed by atoms with E-state index in [4.69, 9.17) is 26.3 Å². The van der Waals surface area contributed by atoms with E-state index in [0.29, 0.717) is 10.8 Å². The van der Waals surface area contributed by atoms with Crippen molar-refractivity contribution in [2.75, 3.05) is 0 Å². The van der Waals surface area contributed by atoms with Crippen molar-refractivity contribution in [2.24, 2.45) is 5.11 Å². The van der Waals surface area contributed by atoms with Gasteiger partial charge in [-0.3, -0.25) is 0 Å². The minimum Gasteiger partial charge on any atom is -0.465 e. The van der Waals surface area contributed by atoms with E-state index in [-0.39, 0.29) is 5.04 Å². The molecule has 0 aliphatic carbocycles. The summed E-state index contributed by atoms with van der Waals surface area (Å²) in [7, 11) is -2.22. The summed E-state index contributed by atoms with van der Waals surface area (Å²) in [5, 5.41) is 14.2. The number of halogens is 1. The van der Waals surface area contributed by atoms with E-state index >= 15 is 0 Å². The molecule has 0 radical (unpaired) electrons. The van der Waals surface area contributed by atoms with Gasteiger partial charge in [0.1, 0.15) is 11.8 Å². The van der Waals surface area contributed by atoms with Crippen molar-refractivity contribution in [2.45, 2.75) is 64.3 Å². The molecule has 0 fully saturated rings. The van der Waals surface area contributed by atoms with Crippen LogP contribution in [0, 0.1) is 0 Å². The summed E-state index contributed by atoms with van der Waals surface area (Å²) in [4.78, 5) is 2.83. The Balaban J connectivity index is 3.15. The number of aliphatic hydroxyl groups is 1. The average Bonchev–Trinajstić information content (AvgIpc) is 2.44. The molecule has 0 bridgehead atoms. The molecule has 1 aromatic carbocycles. The van der Waals surface area contributed by atoms with Crippen LogP contribution in [0.1, 0.15) is 27.7 Å². The van der Waals surface area contributed by atoms with Crippen molar-refractivity contribution in [3.63, 3.8) is 0 Å². The summed E-state index contributed by atoms with van der Waals surface area (Å²) in [5.41, 5.74) is 8.83. The molecule has 134 valence electrons. The van der Waals surface area contributed by atoms with Gasteiger partial charge in [0, 0.05) is 9.93 Å². The van der Waals surface area contributed by atoms with Gasteiger partial charge >= 0.3 is 0 Å². The lowest BCUT2D eigenvalue weighted by Gasteiger charge is -2.40. The zero-order valence-corrected chi connectivity index (χ0v) is 16.8. The molecule has 0 spiro atoms. The molecular weight excluding hydrogens is 346 g/mol. The lowest BCUT2D eigenvalue weighted by atomic mass is 10.2. The normalized spacial score (nSPS) is 16.0. The summed E-state index contributed by atoms with van der Waals surface area (Å²) >= 11 is 5.89. The van der Waals surface area contributed by atoms with Gasteiger partial charge in [-0.15, -0.1) is 0 Å². The van der Waals surface area contributed by atoms with Gasteiger partial charge in [0.25, 0.3) is 0 Å². The van der Waals surface area contributed by atoms with Crippen molar-refractivity contribution in [3.05, 3.63) is 39.7 Å². The van der Waals surface area contributed by atoms with E-state index in [1.165, 1.54) is 0 Å². The zero-order valence-electron chi connectivity index (χ0n) is 15.0. The Labute approximate surface area is 149 Å². The molecule has 0 amide bonds. The zero-order chi connectivity index (χ0) is 18.5. The molecule has 0 saturated carbocycles. The van der Waals surface area contributed by atoms with E-state index < -0.39 is 26.8 Å². The van der Waals surface area contributed by atoms with Crippen LogP contribution in [0.25, 0.3) is 10.4 Å². The Bertz CT molecular complexity index is 581. The van der Waals surface area contributed by atoms with Gasteiger partial charge in [0.05, 0.1) is 6.10 Å². The maximum Gasteiger partial charge on any atom is 0.201 e. The van der Waals surface area contributed by atoms with Crippen LogP contribution in [-0.4, -0.2) is 31.9 Å². The summed E-state index contributed by atoms with van der Waals surface area (Å²) in [6.45, 7) is 12.0. The quantitative estimate of drug-likeness (QED) is 0.237. The van der Waals surface area contributed by atoms with E-state index in [9.17, 15) is 5.11 Å². The summed E-state index contributed by atoms with van der Waals surface area (Å²) < 4.78 is 12.2. The molecule has 0 heterocycles. The number of nitrogens with zero attached hydrogens (tertiary/aromatic N) is 3. The second-order valence-corrected chi connectivity index (χ2v) is 12.4. The fraction of sp³-hybridized carbons (Fsp3) is 0.625. The number of ether oxygens (including phenoxy) is 1. The molecule has 0 aliphatic heterocycles. The third-order valence-corrected chi connectivity index (χ3v) is 8.93. The third-order valence-electron chi connectivity index (χ3n) is 4.24. The van der Waals surface area contributed by atoms with Crippen LogP contribution < -0.4 is 4.74 Å². The highest BCUT2D eigenvalue weighted by Gasteiger charge is 2.42. The Morgan fingerprint density at radius 2 is 1.79 bits per heavy atom. The maximum atomic E-state index is 10.0. The smallest absolute Gasteiger partial charge is 0.201 e. The molecule has 24 heavy (non-hydrogen) atoms. The Kier molecular flexibility index (Phi) is 7.13. The first-order valence-corrected chi connectivity index (χ1v) is 11.1. The fourth-order valence-electron chi connectivity index (χ4n) is 1.72. The molecule has 0 aromatic heterocycles. The Morgan fingerprint density at radius 1 is 1.25 bits per heavy atom. The van der Waals surface area contributed by atoms with Crippen molar-refractivity contribution in [1.82, 2.24) is 0 Å². The van der Waals surface area contributed by atoms with Gasteiger partial charge in [-0.05, 0) is 54.9 Å². The molecule has 0 saturated heterocycles. The van der Waals surface area contributed by atoms with Crippen LogP contribution in [-0.2, 0) is 4.43 Å². The summed E-state index contributed by atoms with van der Waals surface area (Å²) in [6, 6.07) is 5.95. The van der Waals surface area contributed by atoms with E-state index in [2.05, 4.69) is 43.9 Å². The fourth-order valence-corrected chi connectivity index (χ4v) is 2.96. The van der Waals surface area contributed by atoms with Gasteiger partial charge in [-0.1, -0.05) is 37.5 Å². The number of azide groups is 1. The SMILES string of the molecule is C[C@H](O)[C@H](N=[N+]=[N-])C(Oc1ccc(Cl)cc1)O[Si](C)(C)C(C)(C)C. The molecule has 1 N–H and O–H groups in total. The molecule has 1 aromatic rings. The first kappa shape index (κ1) is 20.8. The van der Waals surface area contributed by atoms with Gasteiger partial charge in [0.15, 0.2) is 8.32 Å². The molecule has 1 rings (SSSR count). The monoisotopic (exact) mass is 371 g/mol. The Morgan fingerprint density at radius 3 is 2.21 bits per heavy atom. The molecular formula is C16H26ClN3O3Si. The lowest BCUT2D eigenvalue weighted by molar-refractivity contribution is -0.0534. The molecule has 1 unspecified atom stereocenters. The average molecular weight is 372 g/mol. The minimum absolute atomic E-state index is 0.0613. The minimum atomic E-state index is -2.22. The summed E-state index contributed by atoms with van der Waals surface area (Å²) in [5.74, 6) is 0.530. The van der Waals surface area contributed by atoms with Crippen LogP contribution in [0.15, 0.2) is 29.4 Å². The largest absolute Gasteiger partial charge is 0.465 e. The van der Waals surface area contributed by atoms with Gasteiger partial charge in [-0.2, -0.15) is 0 Å². The molecule has 0 aliphatic rings. The number of aliphatic hydroxyl groups excluding tert-OH is 1. The Hall–Kier alpha value is -1.24. The number of rotatable bonds is 7. The highest BCUT2D eigenvalue weighted by molar-refractivity contribution is 6.74.